The average molecular weight is 313 g/mol. The molecule has 2 aromatic rings. The van der Waals surface area contributed by atoms with Gasteiger partial charge >= 0.3 is 0 Å². The van der Waals surface area contributed by atoms with Gasteiger partial charge in [0.25, 0.3) is 0 Å². The number of para-hydroxylation sites is 1. The zero-order valence-electron chi connectivity index (χ0n) is 14.1. The standard InChI is InChI=1S/C23H23N/c1-3-4-8-20-13-17-23(18-14-20)24(21-9-6-5-7-10-21)22-15-11-19(2)12-16-22/h3-15,17-18,22H,1,16H2,2H3/b8-4-. The minimum absolute atomic E-state index is 0.339. The Morgan fingerprint density at radius 1 is 1.00 bits per heavy atom. The summed E-state index contributed by atoms with van der Waals surface area (Å²) >= 11 is 0. The molecule has 0 aliphatic heterocycles. The minimum Gasteiger partial charge on any atom is -0.334 e. The van der Waals surface area contributed by atoms with Crippen molar-refractivity contribution in [3.05, 3.63) is 103 Å². The second-order valence-electron chi connectivity index (χ2n) is 6.00. The van der Waals surface area contributed by atoms with Crippen molar-refractivity contribution < 1.29 is 0 Å². The van der Waals surface area contributed by atoms with Crippen LogP contribution in [0.4, 0.5) is 11.4 Å². The van der Waals surface area contributed by atoms with Crippen LogP contribution in [-0.4, -0.2) is 6.04 Å². The SMILES string of the molecule is C=C/C=C\c1ccc(N(c2ccccc2)C2C=CC(C)=CC2)cc1. The summed E-state index contributed by atoms with van der Waals surface area (Å²) in [6.07, 6.45) is 13.7. The van der Waals surface area contributed by atoms with Gasteiger partial charge in [-0.15, -0.1) is 0 Å². The number of hydrogen-bond donors (Lipinski definition) is 0. The third kappa shape index (κ3) is 3.75. The predicted molar refractivity (Wildman–Crippen MR) is 106 cm³/mol. The average Bonchev–Trinajstić information content (AvgIpc) is 2.64. The fourth-order valence-electron chi connectivity index (χ4n) is 2.95. The van der Waals surface area contributed by atoms with Crippen molar-refractivity contribution in [2.75, 3.05) is 4.90 Å². The van der Waals surface area contributed by atoms with Crippen molar-refractivity contribution in [2.24, 2.45) is 0 Å². The number of anilines is 2. The lowest BCUT2D eigenvalue weighted by atomic mass is 10.0. The van der Waals surface area contributed by atoms with Gasteiger partial charge in [-0.2, -0.15) is 0 Å². The Morgan fingerprint density at radius 3 is 2.33 bits per heavy atom. The second-order valence-corrected chi connectivity index (χ2v) is 6.00. The van der Waals surface area contributed by atoms with Crippen molar-refractivity contribution in [1.82, 2.24) is 0 Å². The highest BCUT2D eigenvalue weighted by atomic mass is 15.2. The van der Waals surface area contributed by atoms with Gasteiger partial charge in [-0.3, -0.25) is 0 Å². The van der Waals surface area contributed by atoms with Crippen molar-refractivity contribution in [3.8, 4) is 0 Å². The first-order chi connectivity index (χ1) is 11.8. The smallest absolute Gasteiger partial charge is 0.0560 e. The van der Waals surface area contributed by atoms with Crippen molar-refractivity contribution in [1.29, 1.82) is 0 Å². The van der Waals surface area contributed by atoms with E-state index in [1.807, 2.05) is 6.08 Å². The maximum Gasteiger partial charge on any atom is 0.0560 e. The third-order valence-corrected chi connectivity index (χ3v) is 4.22. The van der Waals surface area contributed by atoms with Crippen LogP contribution in [0.1, 0.15) is 18.9 Å². The highest BCUT2D eigenvalue weighted by Crippen LogP contribution is 2.31. The molecule has 0 fully saturated rings. The number of allylic oxidation sites excluding steroid dienone is 4. The van der Waals surface area contributed by atoms with E-state index < -0.39 is 0 Å². The topological polar surface area (TPSA) is 3.24 Å². The van der Waals surface area contributed by atoms with Crippen LogP contribution in [0.15, 0.2) is 97.1 Å². The molecule has 0 saturated carbocycles. The Labute approximate surface area is 144 Å². The van der Waals surface area contributed by atoms with Gasteiger partial charge in [0.05, 0.1) is 6.04 Å². The summed E-state index contributed by atoms with van der Waals surface area (Å²) in [5.41, 5.74) is 4.94. The fourth-order valence-corrected chi connectivity index (χ4v) is 2.95. The maximum absolute atomic E-state index is 3.72. The molecule has 1 unspecified atom stereocenters. The molecule has 2 aromatic carbocycles. The van der Waals surface area contributed by atoms with Gasteiger partial charge in [0, 0.05) is 11.4 Å². The molecule has 120 valence electrons. The summed E-state index contributed by atoms with van der Waals surface area (Å²) in [6, 6.07) is 19.6. The third-order valence-electron chi connectivity index (χ3n) is 4.22. The Morgan fingerprint density at radius 2 is 1.71 bits per heavy atom. The number of rotatable bonds is 5. The first kappa shape index (κ1) is 16.1. The van der Waals surface area contributed by atoms with E-state index in [1.165, 1.54) is 22.5 Å². The van der Waals surface area contributed by atoms with Crippen LogP contribution < -0.4 is 4.90 Å². The highest BCUT2D eigenvalue weighted by Gasteiger charge is 2.19. The van der Waals surface area contributed by atoms with Crippen molar-refractivity contribution >= 4 is 17.5 Å². The number of hydrogen-bond acceptors (Lipinski definition) is 1. The molecule has 1 atom stereocenters. The molecule has 3 rings (SSSR count). The lowest BCUT2D eigenvalue weighted by Gasteiger charge is -2.33. The summed E-state index contributed by atoms with van der Waals surface area (Å²) < 4.78 is 0. The van der Waals surface area contributed by atoms with E-state index in [0.717, 1.165) is 6.42 Å². The summed E-state index contributed by atoms with van der Waals surface area (Å²) in [7, 11) is 0. The second kappa shape index (κ2) is 7.65. The monoisotopic (exact) mass is 313 g/mol. The quantitative estimate of drug-likeness (QED) is 0.586. The molecule has 0 heterocycles. The molecular weight excluding hydrogens is 290 g/mol. The van der Waals surface area contributed by atoms with Crippen molar-refractivity contribution in [2.45, 2.75) is 19.4 Å². The van der Waals surface area contributed by atoms with Crippen LogP contribution in [0.2, 0.25) is 0 Å². The maximum atomic E-state index is 3.72. The van der Waals surface area contributed by atoms with E-state index in [-0.39, 0.29) is 0 Å². The Kier molecular flexibility index (Phi) is 5.12. The number of nitrogens with zero attached hydrogens (tertiary/aromatic N) is 1. The fraction of sp³-hybridized carbons (Fsp3) is 0.130. The van der Waals surface area contributed by atoms with E-state index in [1.54, 1.807) is 6.08 Å². The molecule has 0 bridgehead atoms. The van der Waals surface area contributed by atoms with Gasteiger partial charge in [-0.05, 0) is 43.2 Å². The Bertz CT molecular complexity index is 763. The lowest BCUT2D eigenvalue weighted by Crippen LogP contribution is -2.30. The molecule has 0 saturated heterocycles. The summed E-state index contributed by atoms with van der Waals surface area (Å²) in [6.45, 7) is 5.87. The van der Waals surface area contributed by atoms with Crippen molar-refractivity contribution in [3.63, 3.8) is 0 Å². The normalized spacial score (nSPS) is 16.9. The van der Waals surface area contributed by atoms with Crippen LogP contribution >= 0.6 is 0 Å². The lowest BCUT2D eigenvalue weighted by molar-refractivity contribution is 0.779. The highest BCUT2D eigenvalue weighted by molar-refractivity contribution is 5.67. The largest absolute Gasteiger partial charge is 0.334 e. The first-order valence-electron chi connectivity index (χ1n) is 8.36. The van der Waals surface area contributed by atoms with E-state index >= 15 is 0 Å². The molecule has 1 aliphatic rings. The Hall–Kier alpha value is -2.80. The van der Waals surface area contributed by atoms with E-state index in [9.17, 15) is 0 Å². The van der Waals surface area contributed by atoms with Gasteiger partial charge in [-0.1, -0.05) is 78.9 Å². The van der Waals surface area contributed by atoms with Gasteiger partial charge in [0.1, 0.15) is 0 Å². The van der Waals surface area contributed by atoms with E-state index in [4.69, 9.17) is 0 Å². The number of benzene rings is 2. The van der Waals surface area contributed by atoms with Crippen LogP contribution in [0.3, 0.4) is 0 Å². The molecule has 0 aromatic heterocycles. The Balaban J connectivity index is 1.94. The summed E-state index contributed by atoms with van der Waals surface area (Å²) in [5, 5.41) is 0. The first-order valence-corrected chi connectivity index (χ1v) is 8.36. The van der Waals surface area contributed by atoms with Crippen LogP contribution in [-0.2, 0) is 0 Å². The van der Waals surface area contributed by atoms with Gasteiger partial charge in [-0.25, -0.2) is 0 Å². The molecule has 1 heteroatoms. The molecule has 0 amide bonds. The van der Waals surface area contributed by atoms with Crippen LogP contribution in [0, 0.1) is 0 Å². The molecule has 1 aliphatic carbocycles. The molecular formula is C23H23N. The molecule has 0 N–H and O–H groups in total. The van der Waals surface area contributed by atoms with Gasteiger partial charge < -0.3 is 4.90 Å². The van der Waals surface area contributed by atoms with Crippen LogP contribution in [0.5, 0.6) is 0 Å². The summed E-state index contributed by atoms with van der Waals surface area (Å²) in [5.74, 6) is 0. The van der Waals surface area contributed by atoms with Gasteiger partial charge in [0.15, 0.2) is 0 Å². The van der Waals surface area contributed by atoms with E-state index in [0.29, 0.717) is 6.04 Å². The summed E-state index contributed by atoms with van der Waals surface area (Å²) in [4.78, 5) is 2.40. The molecule has 24 heavy (non-hydrogen) atoms. The molecule has 0 spiro atoms. The van der Waals surface area contributed by atoms with Gasteiger partial charge in [0.2, 0.25) is 0 Å². The molecule has 1 nitrogen and oxygen atoms in total. The predicted octanol–water partition coefficient (Wildman–Crippen LogP) is 6.30. The molecule has 0 radical (unpaired) electrons. The van der Waals surface area contributed by atoms with E-state index in [2.05, 4.69) is 97.3 Å². The minimum atomic E-state index is 0.339. The van der Waals surface area contributed by atoms with Crippen LogP contribution in [0.25, 0.3) is 6.08 Å². The zero-order chi connectivity index (χ0) is 16.8. The zero-order valence-corrected chi connectivity index (χ0v) is 14.1.